The third kappa shape index (κ3) is 4.53. The molecular formula is C13H18FNO2. The Morgan fingerprint density at radius 3 is 2.82 bits per heavy atom. The smallest absolute Gasteiger partial charge is 0.320 e. The van der Waals surface area contributed by atoms with Crippen molar-refractivity contribution in [2.45, 2.75) is 20.4 Å². The van der Waals surface area contributed by atoms with Crippen molar-refractivity contribution in [3.8, 4) is 0 Å². The Labute approximate surface area is 101 Å². The van der Waals surface area contributed by atoms with Crippen LogP contribution in [0.4, 0.5) is 4.39 Å². The summed E-state index contributed by atoms with van der Waals surface area (Å²) >= 11 is 0. The molecule has 0 aromatic heterocycles. The lowest BCUT2D eigenvalue weighted by Crippen LogP contribution is -2.27. The SMILES string of the molecule is CCOC(=O)CN(C)Cc1cc(F)ccc1C. The average Bonchev–Trinajstić information content (AvgIpc) is 2.23. The summed E-state index contributed by atoms with van der Waals surface area (Å²) in [6.07, 6.45) is 0. The van der Waals surface area contributed by atoms with E-state index in [1.165, 1.54) is 12.1 Å². The number of carbonyl (C=O) groups excluding carboxylic acids is 1. The fourth-order valence-electron chi connectivity index (χ4n) is 1.58. The fourth-order valence-corrected chi connectivity index (χ4v) is 1.58. The van der Waals surface area contributed by atoms with Gasteiger partial charge in [0.15, 0.2) is 0 Å². The molecule has 0 saturated heterocycles. The zero-order valence-electron chi connectivity index (χ0n) is 10.5. The molecule has 0 amide bonds. The molecule has 94 valence electrons. The Balaban J connectivity index is 2.58. The van der Waals surface area contributed by atoms with E-state index in [0.717, 1.165) is 11.1 Å². The monoisotopic (exact) mass is 239 g/mol. The van der Waals surface area contributed by atoms with Gasteiger partial charge in [0.25, 0.3) is 0 Å². The molecule has 1 aromatic rings. The highest BCUT2D eigenvalue weighted by atomic mass is 19.1. The summed E-state index contributed by atoms with van der Waals surface area (Å²) in [6, 6.07) is 4.67. The maximum atomic E-state index is 13.1. The van der Waals surface area contributed by atoms with Crippen molar-refractivity contribution < 1.29 is 13.9 Å². The molecule has 4 heteroatoms. The second-order valence-electron chi connectivity index (χ2n) is 4.05. The van der Waals surface area contributed by atoms with Crippen molar-refractivity contribution in [1.29, 1.82) is 0 Å². The van der Waals surface area contributed by atoms with E-state index in [1.54, 1.807) is 24.9 Å². The van der Waals surface area contributed by atoms with Gasteiger partial charge >= 0.3 is 5.97 Å². The van der Waals surface area contributed by atoms with Crippen molar-refractivity contribution in [2.75, 3.05) is 20.2 Å². The van der Waals surface area contributed by atoms with E-state index in [1.807, 2.05) is 6.92 Å². The Bertz CT molecular complexity index is 393. The van der Waals surface area contributed by atoms with Crippen LogP contribution in [0.5, 0.6) is 0 Å². The molecule has 0 fully saturated rings. The first-order valence-electron chi connectivity index (χ1n) is 5.62. The van der Waals surface area contributed by atoms with E-state index in [2.05, 4.69) is 0 Å². The van der Waals surface area contributed by atoms with Crippen LogP contribution in [-0.2, 0) is 16.1 Å². The van der Waals surface area contributed by atoms with Gasteiger partial charge in [0, 0.05) is 6.54 Å². The molecule has 0 spiro atoms. The summed E-state index contributed by atoms with van der Waals surface area (Å²) in [4.78, 5) is 13.1. The van der Waals surface area contributed by atoms with Crippen molar-refractivity contribution in [3.63, 3.8) is 0 Å². The van der Waals surface area contributed by atoms with Gasteiger partial charge < -0.3 is 4.74 Å². The lowest BCUT2D eigenvalue weighted by atomic mass is 10.1. The number of likely N-dealkylation sites (N-methyl/N-ethyl adjacent to an activating group) is 1. The number of hydrogen-bond acceptors (Lipinski definition) is 3. The fraction of sp³-hybridized carbons (Fsp3) is 0.462. The summed E-state index contributed by atoms with van der Waals surface area (Å²) in [7, 11) is 1.81. The predicted octanol–water partition coefficient (Wildman–Crippen LogP) is 2.13. The second-order valence-corrected chi connectivity index (χ2v) is 4.05. The number of hydrogen-bond donors (Lipinski definition) is 0. The topological polar surface area (TPSA) is 29.5 Å². The highest BCUT2D eigenvalue weighted by molar-refractivity contribution is 5.71. The van der Waals surface area contributed by atoms with E-state index in [-0.39, 0.29) is 18.3 Å². The molecule has 0 atom stereocenters. The van der Waals surface area contributed by atoms with E-state index in [9.17, 15) is 9.18 Å². The lowest BCUT2D eigenvalue weighted by molar-refractivity contribution is -0.144. The van der Waals surface area contributed by atoms with Crippen LogP contribution < -0.4 is 0 Å². The zero-order valence-corrected chi connectivity index (χ0v) is 10.5. The largest absolute Gasteiger partial charge is 0.465 e. The van der Waals surface area contributed by atoms with Crippen LogP contribution in [0.3, 0.4) is 0 Å². The van der Waals surface area contributed by atoms with Crippen LogP contribution >= 0.6 is 0 Å². The first-order chi connectivity index (χ1) is 8.02. The predicted molar refractivity (Wildman–Crippen MR) is 64.1 cm³/mol. The summed E-state index contributed by atoms with van der Waals surface area (Å²) in [5, 5.41) is 0. The van der Waals surface area contributed by atoms with Crippen molar-refractivity contribution in [1.82, 2.24) is 4.90 Å². The van der Waals surface area contributed by atoms with Crippen molar-refractivity contribution in [3.05, 3.63) is 35.1 Å². The van der Waals surface area contributed by atoms with Gasteiger partial charge in [-0.2, -0.15) is 0 Å². The number of aryl methyl sites for hydroxylation is 1. The molecule has 0 bridgehead atoms. The third-order valence-corrected chi connectivity index (χ3v) is 2.46. The van der Waals surface area contributed by atoms with Crippen molar-refractivity contribution >= 4 is 5.97 Å². The molecule has 0 unspecified atom stereocenters. The number of carbonyl (C=O) groups is 1. The quantitative estimate of drug-likeness (QED) is 0.737. The minimum absolute atomic E-state index is 0.212. The molecule has 0 aliphatic carbocycles. The summed E-state index contributed by atoms with van der Waals surface area (Å²) in [5.74, 6) is -0.515. The average molecular weight is 239 g/mol. The van der Waals surface area contributed by atoms with E-state index in [0.29, 0.717) is 13.2 Å². The van der Waals surface area contributed by atoms with Gasteiger partial charge in [-0.15, -0.1) is 0 Å². The molecule has 0 saturated carbocycles. The number of ether oxygens (including phenoxy) is 1. The Hall–Kier alpha value is -1.42. The van der Waals surface area contributed by atoms with Crippen LogP contribution in [0, 0.1) is 12.7 Å². The summed E-state index contributed by atoms with van der Waals surface area (Å²) in [5.41, 5.74) is 1.90. The van der Waals surface area contributed by atoms with E-state index < -0.39 is 0 Å². The summed E-state index contributed by atoms with van der Waals surface area (Å²) in [6.45, 7) is 4.82. The number of halogens is 1. The molecule has 0 aliphatic rings. The van der Waals surface area contributed by atoms with Gasteiger partial charge in [0.1, 0.15) is 5.82 Å². The molecule has 0 radical (unpaired) electrons. The standard InChI is InChI=1S/C13H18FNO2/c1-4-17-13(16)9-15(3)8-11-7-12(14)6-5-10(11)2/h5-7H,4,8-9H2,1-3H3. The number of rotatable bonds is 5. The van der Waals surface area contributed by atoms with Crippen LogP contribution in [0.15, 0.2) is 18.2 Å². The Kier molecular flexibility index (Phi) is 5.10. The normalized spacial score (nSPS) is 10.6. The van der Waals surface area contributed by atoms with Gasteiger partial charge in [0.2, 0.25) is 0 Å². The van der Waals surface area contributed by atoms with Crippen LogP contribution in [0.1, 0.15) is 18.1 Å². The summed E-state index contributed by atoms with van der Waals surface area (Å²) < 4.78 is 17.9. The number of nitrogens with zero attached hydrogens (tertiary/aromatic N) is 1. The van der Waals surface area contributed by atoms with Crippen LogP contribution in [0.25, 0.3) is 0 Å². The molecular weight excluding hydrogens is 221 g/mol. The minimum Gasteiger partial charge on any atom is -0.465 e. The number of benzene rings is 1. The molecule has 0 heterocycles. The van der Waals surface area contributed by atoms with Gasteiger partial charge in [-0.1, -0.05) is 6.07 Å². The zero-order chi connectivity index (χ0) is 12.8. The van der Waals surface area contributed by atoms with Gasteiger partial charge in [0.05, 0.1) is 13.2 Å². The Morgan fingerprint density at radius 1 is 1.47 bits per heavy atom. The lowest BCUT2D eigenvalue weighted by Gasteiger charge is -2.17. The first kappa shape index (κ1) is 13.6. The molecule has 17 heavy (non-hydrogen) atoms. The van der Waals surface area contributed by atoms with Gasteiger partial charge in [-0.25, -0.2) is 4.39 Å². The molecule has 0 aliphatic heterocycles. The maximum absolute atomic E-state index is 13.1. The van der Waals surface area contributed by atoms with Crippen LogP contribution in [-0.4, -0.2) is 31.1 Å². The highest BCUT2D eigenvalue weighted by Crippen LogP contribution is 2.12. The van der Waals surface area contributed by atoms with Crippen LogP contribution in [0.2, 0.25) is 0 Å². The van der Waals surface area contributed by atoms with E-state index >= 15 is 0 Å². The molecule has 0 N–H and O–H groups in total. The highest BCUT2D eigenvalue weighted by Gasteiger charge is 2.09. The van der Waals surface area contributed by atoms with Gasteiger partial charge in [-0.05, 0) is 44.2 Å². The van der Waals surface area contributed by atoms with Gasteiger partial charge in [-0.3, -0.25) is 9.69 Å². The van der Waals surface area contributed by atoms with Crippen molar-refractivity contribution in [2.24, 2.45) is 0 Å². The molecule has 1 rings (SSSR count). The molecule has 3 nitrogen and oxygen atoms in total. The van der Waals surface area contributed by atoms with E-state index in [4.69, 9.17) is 4.74 Å². The third-order valence-electron chi connectivity index (χ3n) is 2.46. The second kappa shape index (κ2) is 6.35. The Morgan fingerprint density at radius 2 is 2.18 bits per heavy atom. The minimum atomic E-state index is -0.260. The maximum Gasteiger partial charge on any atom is 0.320 e. The number of esters is 1. The first-order valence-corrected chi connectivity index (χ1v) is 5.62. The molecule has 1 aromatic carbocycles.